The lowest BCUT2D eigenvalue weighted by Gasteiger charge is -2.20. The van der Waals surface area contributed by atoms with E-state index in [0.717, 1.165) is 18.2 Å². The molecule has 0 aliphatic heterocycles. The number of hydrogen-bond donors (Lipinski definition) is 1. The van der Waals surface area contributed by atoms with E-state index >= 15 is 0 Å². The van der Waals surface area contributed by atoms with Gasteiger partial charge in [0.05, 0.1) is 6.04 Å². The van der Waals surface area contributed by atoms with E-state index in [1.807, 2.05) is 0 Å². The van der Waals surface area contributed by atoms with Gasteiger partial charge in [-0.05, 0) is 55.4 Å². The first-order valence-electron chi connectivity index (χ1n) is 5.91. The molecule has 0 aliphatic carbocycles. The highest BCUT2D eigenvalue weighted by molar-refractivity contribution is 5.37. The standard InChI is InChI=1S/C15H14F3N/c1-9-7-10(16)3-5-12(9)15(19-2)13-8-11(17)4-6-14(13)18/h3-8,15,19H,1-2H3. The summed E-state index contributed by atoms with van der Waals surface area (Å²) in [6.07, 6.45) is 0. The molecule has 0 amide bonds. The molecule has 1 atom stereocenters. The zero-order valence-corrected chi connectivity index (χ0v) is 10.7. The number of halogens is 3. The first kappa shape index (κ1) is 13.6. The molecule has 0 fully saturated rings. The average molecular weight is 265 g/mol. The molecule has 0 radical (unpaired) electrons. The summed E-state index contributed by atoms with van der Waals surface area (Å²) in [5.74, 6) is -1.35. The van der Waals surface area contributed by atoms with E-state index in [-0.39, 0.29) is 11.4 Å². The van der Waals surface area contributed by atoms with E-state index in [9.17, 15) is 13.2 Å². The highest BCUT2D eigenvalue weighted by atomic mass is 19.1. The van der Waals surface area contributed by atoms with E-state index in [2.05, 4.69) is 5.32 Å². The highest BCUT2D eigenvalue weighted by Gasteiger charge is 2.18. The van der Waals surface area contributed by atoms with E-state index in [4.69, 9.17) is 0 Å². The Morgan fingerprint density at radius 3 is 2.16 bits per heavy atom. The lowest BCUT2D eigenvalue weighted by atomic mass is 9.94. The van der Waals surface area contributed by atoms with E-state index in [1.165, 1.54) is 12.1 Å². The van der Waals surface area contributed by atoms with Crippen molar-refractivity contribution < 1.29 is 13.2 Å². The van der Waals surface area contributed by atoms with Gasteiger partial charge < -0.3 is 5.32 Å². The molecular weight excluding hydrogens is 251 g/mol. The third-order valence-electron chi connectivity index (χ3n) is 3.10. The normalized spacial score (nSPS) is 12.5. The molecule has 0 bridgehead atoms. The van der Waals surface area contributed by atoms with Crippen LogP contribution in [0.3, 0.4) is 0 Å². The predicted molar refractivity (Wildman–Crippen MR) is 68.4 cm³/mol. The zero-order valence-electron chi connectivity index (χ0n) is 10.7. The summed E-state index contributed by atoms with van der Waals surface area (Å²) in [5, 5.41) is 2.93. The van der Waals surface area contributed by atoms with Crippen LogP contribution in [0, 0.1) is 24.4 Å². The molecule has 100 valence electrons. The second-order valence-electron chi connectivity index (χ2n) is 4.39. The van der Waals surface area contributed by atoms with Crippen LogP contribution in [0.5, 0.6) is 0 Å². The zero-order chi connectivity index (χ0) is 14.0. The van der Waals surface area contributed by atoms with Crippen LogP contribution >= 0.6 is 0 Å². The van der Waals surface area contributed by atoms with Gasteiger partial charge in [0.1, 0.15) is 17.5 Å². The van der Waals surface area contributed by atoms with Crippen LogP contribution in [0.2, 0.25) is 0 Å². The molecule has 0 saturated heterocycles. The number of aryl methyl sites for hydroxylation is 1. The smallest absolute Gasteiger partial charge is 0.128 e. The second-order valence-corrected chi connectivity index (χ2v) is 4.39. The Kier molecular flexibility index (Phi) is 3.90. The molecule has 1 N–H and O–H groups in total. The quantitative estimate of drug-likeness (QED) is 0.891. The molecule has 0 aliphatic rings. The van der Waals surface area contributed by atoms with E-state index in [0.29, 0.717) is 11.1 Å². The van der Waals surface area contributed by atoms with Crippen LogP contribution < -0.4 is 5.32 Å². The van der Waals surface area contributed by atoms with Crippen molar-refractivity contribution in [3.05, 3.63) is 70.5 Å². The van der Waals surface area contributed by atoms with Gasteiger partial charge in [-0.15, -0.1) is 0 Å². The molecule has 0 spiro atoms. The van der Waals surface area contributed by atoms with Crippen molar-refractivity contribution in [2.24, 2.45) is 0 Å². The summed E-state index contributed by atoms with van der Waals surface area (Å²) in [7, 11) is 1.65. The number of nitrogens with one attached hydrogen (secondary N) is 1. The first-order valence-corrected chi connectivity index (χ1v) is 5.91. The summed E-state index contributed by atoms with van der Waals surface area (Å²) in [6.45, 7) is 1.74. The fourth-order valence-corrected chi connectivity index (χ4v) is 2.18. The minimum atomic E-state index is -0.517. The number of rotatable bonds is 3. The molecule has 2 aromatic rings. The molecule has 0 heterocycles. The van der Waals surface area contributed by atoms with Crippen LogP contribution in [0.1, 0.15) is 22.7 Å². The van der Waals surface area contributed by atoms with E-state index in [1.54, 1.807) is 20.0 Å². The summed E-state index contributed by atoms with van der Waals surface area (Å²) in [4.78, 5) is 0. The van der Waals surface area contributed by atoms with Gasteiger partial charge in [-0.25, -0.2) is 13.2 Å². The van der Waals surface area contributed by atoms with Gasteiger partial charge in [-0.1, -0.05) is 6.07 Å². The van der Waals surface area contributed by atoms with Crippen LogP contribution in [0.4, 0.5) is 13.2 Å². The lowest BCUT2D eigenvalue weighted by Crippen LogP contribution is -2.20. The topological polar surface area (TPSA) is 12.0 Å². The summed E-state index contributed by atoms with van der Waals surface area (Å²) >= 11 is 0. The van der Waals surface area contributed by atoms with Crippen LogP contribution in [-0.4, -0.2) is 7.05 Å². The molecule has 2 rings (SSSR count). The summed E-state index contributed by atoms with van der Waals surface area (Å²) < 4.78 is 40.2. The Labute approximate surface area is 110 Å². The molecule has 1 nitrogen and oxygen atoms in total. The van der Waals surface area contributed by atoms with Gasteiger partial charge in [0, 0.05) is 5.56 Å². The molecule has 2 aromatic carbocycles. The maximum atomic E-state index is 13.8. The Morgan fingerprint density at radius 1 is 0.895 bits per heavy atom. The monoisotopic (exact) mass is 265 g/mol. The van der Waals surface area contributed by atoms with Crippen molar-refractivity contribution >= 4 is 0 Å². The van der Waals surface area contributed by atoms with E-state index < -0.39 is 17.7 Å². The van der Waals surface area contributed by atoms with Crippen LogP contribution in [0.25, 0.3) is 0 Å². The Hall–Kier alpha value is -1.81. The Morgan fingerprint density at radius 2 is 1.53 bits per heavy atom. The maximum Gasteiger partial charge on any atom is 0.128 e. The van der Waals surface area contributed by atoms with Crippen molar-refractivity contribution in [3.63, 3.8) is 0 Å². The Balaban J connectivity index is 2.52. The maximum absolute atomic E-state index is 13.8. The minimum absolute atomic E-state index is 0.206. The predicted octanol–water partition coefficient (Wildman–Crippen LogP) is 3.72. The van der Waals surface area contributed by atoms with Gasteiger partial charge in [-0.2, -0.15) is 0 Å². The van der Waals surface area contributed by atoms with Crippen LogP contribution in [0.15, 0.2) is 36.4 Å². The average Bonchev–Trinajstić information content (AvgIpc) is 2.36. The third kappa shape index (κ3) is 2.79. The molecule has 19 heavy (non-hydrogen) atoms. The fourth-order valence-electron chi connectivity index (χ4n) is 2.18. The fraction of sp³-hybridized carbons (Fsp3) is 0.200. The van der Waals surface area contributed by atoms with Gasteiger partial charge in [0.25, 0.3) is 0 Å². The second kappa shape index (κ2) is 5.45. The molecule has 1 unspecified atom stereocenters. The summed E-state index contributed by atoms with van der Waals surface area (Å²) in [6, 6.07) is 7.06. The summed E-state index contributed by atoms with van der Waals surface area (Å²) in [5.41, 5.74) is 1.61. The van der Waals surface area contributed by atoms with Gasteiger partial charge >= 0.3 is 0 Å². The number of benzene rings is 2. The Bertz CT molecular complexity index is 596. The number of hydrogen-bond acceptors (Lipinski definition) is 1. The third-order valence-corrected chi connectivity index (χ3v) is 3.10. The lowest BCUT2D eigenvalue weighted by molar-refractivity contribution is 0.556. The molecular formula is C15H14F3N. The SMILES string of the molecule is CNC(c1ccc(F)cc1C)c1cc(F)ccc1F. The molecule has 4 heteroatoms. The van der Waals surface area contributed by atoms with Crippen molar-refractivity contribution in [2.45, 2.75) is 13.0 Å². The van der Waals surface area contributed by atoms with Crippen molar-refractivity contribution in [1.82, 2.24) is 5.32 Å². The van der Waals surface area contributed by atoms with Gasteiger partial charge in [0.2, 0.25) is 0 Å². The first-order chi connectivity index (χ1) is 9.02. The van der Waals surface area contributed by atoms with Gasteiger partial charge in [-0.3, -0.25) is 0 Å². The molecule has 0 aromatic heterocycles. The minimum Gasteiger partial charge on any atom is -0.309 e. The van der Waals surface area contributed by atoms with Crippen LogP contribution in [-0.2, 0) is 0 Å². The van der Waals surface area contributed by atoms with Crippen molar-refractivity contribution in [3.8, 4) is 0 Å². The largest absolute Gasteiger partial charge is 0.309 e. The van der Waals surface area contributed by atoms with Gasteiger partial charge in [0.15, 0.2) is 0 Å². The van der Waals surface area contributed by atoms with Crippen molar-refractivity contribution in [2.75, 3.05) is 7.05 Å². The highest BCUT2D eigenvalue weighted by Crippen LogP contribution is 2.27. The molecule has 0 saturated carbocycles. The van der Waals surface area contributed by atoms with Crippen molar-refractivity contribution in [1.29, 1.82) is 0 Å².